The third-order valence-electron chi connectivity index (χ3n) is 6.19. The molecule has 1 saturated heterocycles. The molecule has 0 atom stereocenters. The van der Waals surface area contributed by atoms with E-state index in [9.17, 15) is 9.59 Å². The Bertz CT molecular complexity index is 1310. The van der Waals surface area contributed by atoms with Crippen molar-refractivity contribution in [1.29, 1.82) is 0 Å². The molecule has 4 aromatic rings. The van der Waals surface area contributed by atoms with E-state index in [4.69, 9.17) is 15.1 Å². The fourth-order valence-corrected chi connectivity index (χ4v) is 5.29. The van der Waals surface area contributed by atoms with Crippen LogP contribution in [0.25, 0.3) is 22.0 Å². The van der Waals surface area contributed by atoms with Gasteiger partial charge >= 0.3 is 0 Å². The van der Waals surface area contributed by atoms with Gasteiger partial charge in [0.25, 0.3) is 5.91 Å². The first-order chi connectivity index (χ1) is 17.1. The number of hydrogen-bond acceptors (Lipinski definition) is 6. The van der Waals surface area contributed by atoms with E-state index in [1.807, 2.05) is 60.7 Å². The van der Waals surface area contributed by atoms with Gasteiger partial charge in [-0.3, -0.25) is 14.5 Å². The molecule has 0 aliphatic carbocycles. The van der Waals surface area contributed by atoms with Crippen LogP contribution in [0.15, 0.2) is 77.4 Å². The summed E-state index contributed by atoms with van der Waals surface area (Å²) in [7, 11) is 0. The number of nitrogens with one attached hydrogen (secondary N) is 1. The molecule has 2 aromatic heterocycles. The third kappa shape index (κ3) is 5.34. The summed E-state index contributed by atoms with van der Waals surface area (Å²) >= 11 is 1.31. The average molecular weight is 487 g/mol. The third-order valence-corrected chi connectivity index (χ3v) is 7.26. The zero-order valence-electron chi connectivity index (χ0n) is 19.1. The van der Waals surface area contributed by atoms with Crippen LogP contribution in [0.2, 0.25) is 0 Å². The first-order valence-electron chi connectivity index (χ1n) is 11.6. The highest BCUT2D eigenvalue weighted by Gasteiger charge is 2.24. The van der Waals surface area contributed by atoms with Crippen molar-refractivity contribution in [3.63, 3.8) is 0 Å². The lowest BCUT2D eigenvalue weighted by Gasteiger charge is -2.30. The maximum absolute atomic E-state index is 13.4. The lowest BCUT2D eigenvalue weighted by molar-refractivity contribution is -0.123. The fourth-order valence-electron chi connectivity index (χ4n) is 4.34. The number of amides is 2. The Morgan fingerprint density at radius 1 is 1.06 bits per heavy atom. The molecule has 35 heavy (non-hydrogen) atoms. The summed E-state index contributed by atoms with van der Waals surface area (Å²) in [6, 6.07) is 21.2. The summed E-state index contributed by atoms with van der Waals surface area (Å²) < 4.78 is 5.52. The first kappa shape index (κ1) is 23.0. The zero-order chi connectivity index (χ0) is 24.2. The highest BCUT2D eigenvalue weighted by Crippen LogP contribution is 2.34. The molecule has 1 aliphatic heterocycles. The number of rotatable bonds is 7. The predicted molar refractivity (Wildman–Crippen MR) is 137 cm³/mol. The van der Waals surface area contributed by atoms with E-state index in [1.165, 1.54) is 11.3 Å². The van der Waals surface area contributed by atoms with Gasteiger partial charge in [0.15, 0.2) is 10.8 Å². The van der Waals surface area contributed by atoms with Crippen LogP contribution >= 0.6 is 11.3 Å². The van der Waals surface area contributed by atoms with Crippen molar-refractivity contribution in [2.75, 3.05) is 18.4 Å². The zero-order valence-corrected chi connectivity index (χ0v) is 20.0. The summed E-state index contributed by atoms with van der Waals surface area (Å²) in [6.45, 7) is 2.43. The molecule has 0 bridgehead atoms. The first-order valence-corrected chi connectivity index (χ1v) is 12.4. The van der Waals surface area contributed by atoms with Crippen molar-refractivity contribution in [2.24, 2.45) is 11.7 Å². The number of hydrogen-bond donors (Lipinski definition) is 2. The van der Waals surface area contributed by atoms with E-state index in [0.29, 0.717) is 21.3 Å². The summed E-state index contributed by atoms with van der Waals surface area (Å²) in [4.78, 5) is 32.4. The molecular formula is C27H26N4O3S. The molecule has 2 aromatic carbocycles. The van der Waals surface area contributed by atoms with Gasteiger partial charge in [-0.15, -0.1) is 11.3 Å². The second kappa shape index (κ2) is 10.2. The van der Waals surface area contributed by atoms with Crippen LogP contribution < -0.4 is 11.1 Å². The number of primary amides is 1. The summed E-state index contributed by atoms with van der Waals surface area (Å²) in [5.74, 6) is 0.190. The number of anilines is 1. The molecule has 1 fully saturated rings. The van der Waals surface area contributed by atoms with Crippen molar-refractivity contribution >= 4 is 28.8 Å². The van der Waals surface area contributed by atoms with Gasteiger partial charge in [-0.2, -0.15) is 0 Å². The molecule has 0 radical (unpaired) electrons. The summed E-state index contributed by atoms with van der Waals surface area (Å²) in [5, 5.41) is 3.71. The van der Waals surface area contributed by atoms with Gasteiger partial charge in [0, 0.05) is 23.7 Å². The van der Waals surface area contributed by atoms with Gasteiger partial charge in [0.05, 0.1) is 12.0 Å². The molecule has 7 nitrogen and oxygen atoms in total. The van der Waals surface area contributed by atoms with Crippen LogP contribution in [-0.2, 0) is 11.3 Å². The molecule has 1 aliphatic rings. The van der Waals surface area contributed by atoms with Crippen molar-refractivity contribution in [3.05, 3.63) is 83.4 Å². The number of thiazole rings is 1. The van der Waals surface area contributed by atoms with Gasteiger partial charge in [-0.05, 0) is 55.8 Å². The van der Waals surface area contributed by atoms with Gasteiger partial charge < -0.3 is 15.5 Å². The number of piperidine rings is 1. The maximum Gasteiger partial charge on any atom is 0.268 e. The minimum Gasteiger partial charge on any atom is -0.462 e. The molecule has 5 rings (SSSR count). The Morgan fingerprint density at radius 3 is 2.57 bits per heavy atom. The minimum atomic E-state index is -0.210. The minimum absolute atomic E-state index is 0.0267. The predicted octanol–water partition coefficient (Wildman–Crippen LogP) is 5.02. The van der Waals surface area contributed by atoms with Gasteiger partial charge in [-0.1, -0.05) is 42.5 Å². The van der Waals surface area contributed by atoms with Crippen LogP contribution in [0, 0.1) is 5.92 Å². The molecule has 0 spiro atoms. The van der Waals surface area contributed by atoms with Crippen LogP contribution in [-0.4, -0.2) is 34.8 Å². The number of furan rings is 1. The quantitative estimate of drug-likeness (QED) is 0.382. The fraction of sp³-hybridized carbons (Fsp3) is 0.222. The van der Waals surface area contributed by atoms with E-state index in [-0.39, 0.29) is 17.7 Å². The van der Waals surface area contributed by atoms with Crippen LogP contribution in [0.3, 0.4) is 0 Å². The van der Waals surface area contributed by atoms with Crippen LogP contribution in [0.4, 0.5) is 5.69 Å². The second-order valence-electron chi connectivity index (χ2n) is 8.65. The highest BCUT2D eigenvalue weighted by molar-refractivity contribution is 7.17. The number of likely N-dealkylation sites (tertiary alicyclic amines) is 1. The summed E-state index contributed by atoms with van der Waals surface area (Å²) in [5.41, 5.74) is 8.79. The number of nitrogens with zero attached hydrogens (tertiary/aromatic N) is 2. The highest BCUT2D eigenvalue weighted by atomic mass is 32.1. The molecule has 3 N–H and O–H groups in total. The van der Waals surface area contributed by atoms with Crippen molar-refractivity contribution in [1.82, 2.24) is 9.88 Å². The van der Waals surface area contributed by atoms with E-state index < -0.39 is 0 Å². The molecule has 3 heterocycles. The number of carbonyl (C=O) groups excluding carboxylic acids is 2. The second-order valence-corrected chi connectivity index (χ2v) is 9.65. The smallest absolute Gasteiger partial charge is 0.268 e. The summed E-state index contributed by atoms with van der Waals surface area (Å²) in [6.07, 6.45) is 3.18. The maximum atomic E-state index is 13.4. The van der Waals surface area contributed by atoms with Gasteiger partial charge in [-0.25, -0.2) is 4.98 Å². The molecular weight excluding hydrogens is 460 g/mol. The largest absolute Gasteiger partial charge is 0.462 e. The standard InChI is InChI=1S/C27H26N4O3S/c28-25(32)20-11-13-31(14-12-20)17-18-6-4-9-21(16-18)29-26(33)24-23(19-7-2-1-3-8-19)30-27(35-24)22-10-5-15-34-22/h1-10,15-16,20H,11-14,17H2,(H2,28,32)(H,29,33). The molecule has 0 saturated carbocycles. The Labute approximate surface area is 207 Å². The van der Waals surface area contributed by atoms with E-state index in [1.54, 1.807) is 12.3 Å². The average Bonchev–Trinajstić information content (AvgIpc) is 3.56. The Balaban J connectivity index is 1.33. The number of aromatic nitrogens is 1. The Morgan fingerprint density at radius 2 is 1.86 bits per heavy atom. The van der Waals surface area contributed by atoms with E-state index >= 15 is 0 Å². The van der Waals surface area contributed by atoms with Crippen molar-refractivity contribution in [2.45, 2.75) is 19.4 Å². The number of carbonyl (C=O) groups is 2. The monoisotopic (exact) mass is 486 g/mol. The normalized spacial score (nSPS) is 14.6. The van der Waals surface area contributed by atoms with Gasteiger partial charge in [0.1, 0.15) is 4.88 Å². The van der Waals surface area contributed by atoms with Crippen LogP contribution in [0.1, 0.15) is 28.1 Å². The van der Waals surface area contributed by atoms with Crippen molar-refractivity contribution in [3.8, 4) is 22.0 Å². The topological polar surface area (TPSA) is 101 Å². The Kier molecular flexibility index (Phi) is 6.74. The van der Waals surface area contributed by atoms with Gasteiger partial charge in [0.2, 0.25) is 5.91 Å². The van der Waals surface area contributed by atoms with Crippen LogP contribution in [0.5, 0.6) is 0 Å². The van der Waals surface area contributed by atoms with E-state index in [2.05, 4.69) is 10.2 Å². The van der Waals surface area contributed by atoms with E-state index in [0.717, 1.165) is 49.3 Å². The molecule has 2 amide bonds. The Hall–Kier alpha value is -3.75. The number of benzene rings is 2. The lowest BCUT2D eigenvalue weighted by atomic mass is 9.96. The lowest BCUT2D eigenvalue weighted by Crippen LogP contribution is -2.38. The SMILES string of the molecule is NC(=O)C1CCN(Cc2cccc(NC(=O)c3sc(-c4ccco4)nc3-c3ccccc3)c2)CC1. The molecule has 0 unspecified atom stereocenters. The number of nitrogens with two attached hydrogens (primary N) is 1. The molecule has 8 heteroatoms. The molecule has 178 valence electrons. The van der Waals surface area contributed by atoms with Crippen molar-refractivity contribution < 1.29 is 14.0 Å².